The first-order chi connectivity index (χ1) is 24.4. The lowest BCUT2D eigenvalue weighted by Gasteiger charge is -2.23. The maximum absolute atomic E-state index is 4.36. The molecule has 2 aliphatic rings. The molecular weight excluding hydrogens is 603 g/mol. The number of hydrogen-bond acceptors (Lipinski definition) is 0. The molecule has 0 bridgehead atoms. The highest BCUT2D eigenvalue weighted by Crippen LogP contribution is 2.50. The van der Waals surface area contributed by atoms with Gasteiger partial charge in [0.05, 0.1) is 11.2 Å². The SMILES string of the molecule is C=CC1(C)C=CC=Cc2c1c1cc(-c3ccc4c(c3)C(C)(C)c3ccccc3-4)ccc1n2-c1ccc2c3ccccc3c3ccccc3c2c1. The van der Waals surface area contributed by atoms with Gasteiger partial charge in [0.25, 0.3) is 0 Å². The van der Waals surface area contributed by atoms with E-state index in [0.29, 0.717) is 0 Å². The molecule has 7 aromatic carbocycles. The third kappa shape index (κ3) is 3.89. The number of fused-ring (bicyclic) bond motifs is 12. The Hall–Kier alpha value is -5.92. The molecular formula is C49H37N. The zero-order valence-electron chi connectivity index (χ0n) is 28.7. The second kappa shape index (κ2) is 10.3. The Balaban J connectivity index is 1.23. The van der Waals surface area contributed by atoms with Crippen molar-refractivity contribution in [1.82, 2.24) is 4.57 Å². The van der Waals surface area contributed by atoms with Crippen LogP contribution in [0.15, 0.2) is 158 Å². The monoisotopic (exact) mass is 639 g/mol. The van der Waals surface area contributed by atoms with E-state index >= 15 is 0 Å². The van der Waals surface area contributed by atoms with Crippen molar-refractivity contribution in [3.8, 4) is 27.9 Å². The van der Waals surface area contributed by atoms with Crippen LogP contribution >= 0.6 is 0 Å². The van der Waals surface area contributed by atoms with Crippen LogP contribution < -0.4 is 0 Å². The molecule has 0 N–H and O–H groups in total. The topological polar surface area (TPSA) is 4.93 Å². The van der Waals surface area contributed by atoms with E-state index in [-0.39, 0.29) is 10.8 Å². The van der Waals surface area contributed by atoms with Crippen molar-refractivity contribution in [3.05, 3.63) is 181 Å². The summed E-state index contributed by atoms with van der Waals surface area (Å²) in [5, 5.41) is 8.96. The van der Waals surface area contributed by atoms with Gasteiger partial charge in [0.2, 0.25) is 0 Å². The Kier molecular flexibility index (Phi) is 5.98. The van der Waals surface area contributed by atoms with Gasteiger partial charge in [0.15, 0.2) is 0 Å². The molecule has 0 radical (unpaired) electrons. The van der Waals surface area contributed by atoms with Crippen LogP contribution in [0.2, 0.25) is 0 Å². The summed E-state index contributed by atoms with van der Waals surface area (Å²) in [7, 11) is 0. The van der Waals surface area contributed by atoms with Gasteiger partial charge < -0.3 is 4.57 Å². The summed E-state index contributed by atoms with van der Waals surface area (Å²) >= 11 is 0. The van der Waals surface area contributed by atoms with Crippen LogP contribution in [-0.2, 0) is 10.8 Å². The summed E-state index contributed by atoms with van der Waals surface area (Å²) < 4.78 is 2.46. The number of aromatic nitrogens is 1. The van der Waals surface area contributed by atoms with Gasteiger partial charge in [-0.05, 0) is 115 Å². The molecule has 0 saturated carbocycles. The van der Waals surface area contributed by atoms with Gasteiger partial charge >= 0.3 is 0 Å². The standard InChI is InChI=1S/C49H37N/c1-5-49(4)27-13-12-20-46-47(49)42-28-31(32-21-24-40-39-18-10-11-19-43(39)48(2,3)44(40)29-32)22-26-45(42)50(46)33-23-25-38-36-16-7-6-14-34(36)35-15-8-9-17-37(35)41(38)30-33/h5-30H,1H2,2-4H3. The minimum absolute atomic E-state index is 0.0466. The van der Waals surface area contributed by atoms with Crippen molar-refractivity contribution in [2.75, 3.05) is 0 Å². The molecule has 1 nitrogen and oxygen atoms in total. The third-order valence-electron chi connectivity index (χ3n) is 11.7. The van der Waals surface area contributed by atoms with Crippen LogP contribution in [0.4, 0.5) is 0 Å². The lowest BCUT2D eigenvalue weighted by atomic mass is 9.80. The minimum atomic E-state index is -0.345. The van der Waals surface area contributed by atoms with Crippen LogP contribution in [0.3, 0.4) is 0 Å². The number of nitrogens with zero attached hydrogens (tertiary/aromatic N) is 1. The maximum atomic E-state index is 4.36. The molecule has 1 aromatic heterocycles. The molecule has 2 aliphatic carbocycles. The molecule has 238 valence electrons. The fourth-order valence-electron chi connectivity index (χ4n) is 9.07. The molecule has 1 heterocycles. The fraction of sp³-hybridized carbons (Fsp3) is 0.102. The Bertz CT molecular complexity index is 2780. The first-order valence-electron chi connectivity index (χ1n) is 17.6. The van der Waals surface area contributed by atoms with E-state index in [1.54, 1.807) is 0 Å². The normalized spacial score (nSPS) is 17.3. The lowest BCUT2D eigenvalue weighted by molar-refractivity contribution is 0.660. The average Bonchev–Trinajstić information content (AvgIpc) is 3.53. The molecule has 1 unspecified atom stereocenters. The predicted molar refractivity (Wildman–Crippen MR) is 215 cm³/mol. The van der Waals surface area contributed by atoms with E-state index in [4.69, 9.17) is 0 Å². The van der Waals surface area contributed by atoms with E-state index < -0.39 is 0 Å². The molecule has 1 atom stereocenters. The number of benzene rings is 7. The van der Waals surface area contributed by atoms with Gasteiger partial charge in [0, 0.05) is 21.9 Å². The van der Waals surface area contributed by atoms with Crippen molar-refractivity contribution in [3.63, 3.8) is 0 Å². The second-order valence-corrected chi connectivity index (χ2v) is 14.8. The van der Waals surface area contributed by atoms with Gasteiger partial charge in [-0.2, -0.15) is 0 Å². The van der Waals surface area contributed by atoms with Crippen molar-refractivity contribution in [2.45, 2.75) is 31.6 Å². The van der Waals surface area contributed by atoms with E-state index in [1.165, 1.54) is 87.9 Å². The summed E-state index contributed by atoms with van der Waals surface area (Å²) in [4.78, 5) is 0. The van der Waals surface area contributed by atoms with Crippen LogP contribution in [0, 0.1) is 0 Å². The number of allylic oxidation sites excluding steroid dienone is 4. The lowest BCUT2D eigenvalue weighted by Crippen LogP contribution is -2.16. The fourth-order valence-corrected chi connectivity index (χ4v) is 9.07. The third-order valence-corrected chi connectivity index (χ3v) is 11.7. The Morgan fingerprint density at radius 1 is 0.540 bits per heavy atom. The molecule has 8 aromatic rings. The Morgan fingerprint density at radius 3 is 1.90 bits per heavy atom. The molecule has 0 aliphatic heterocycles. The number of hydrogen-bond donors (Lipinski definition) is 0. The molecule has 0 amide bonds. The van der Waals surface area contributed by atoms with Crippen LogP contribution in [0.5, 0.6) is 0 Å². The zero-order valence-corrected chi connectivity index (χ0v) is 28.7. The van der Waals surface area contributed by atoms with Crippen molar-refractivity contribution >= 4 is 49.3 Å². The summed E-state index contributed by atoms with van der Waals surface area (Å²) in [5.41, 5.74) is 12.4. The first kappa shape index (κ1) is 29.0. The van der Waals surface area contributed by atoms with Crippen LogP contribution in [0.1, 0.15) is 43.2 Å². The van der Waals surface area contributed by atoms with Crippen LogP contribution in [-0.4, -0.2) is 4.57 Å². The summed E-state index contributed by atoms with van der Waals surface area (Å²) in [6.45, 7) is 11.4. The molecule has 10 rings (SSSR count). The van der Waals surface area contributed by atoms with Gasteiger partial charge in [-0.15, -0.1) is 6.58 Å². The van der Waals surface area contributed by atoms with Gasteiger partial charge in [0.1, 0.15) is 0 Å². The van der Waals surface area contributed by atoms with Crippen molar-refractivity contribution in [2.24, 2.45) is 0 Å². The summed E-state index contributed by atoms with van der Waals surface area (Å²) in [5.74, 6) is 0. The largest absolute Gasteiger partial charge is 0.310 e. The van der Waals surface area contributed by atoms with Crippen molar-refractivity contribution < 1.29 is 0 Å². The highest BCUT2D eigenvalue weighted by atomic mass is 15.0. The van der Waals surface area contributed by atoms with Gasteiger partial charge in [-0.3, -0.25) is 0 Å². The second-order valence-electron chi connectivity index (χ2n) is 14.8. The quantitative estimate of drug-likeness (QED) is 0.134. The van der Waals surface area contributed by atoms with Gasteiger partial charge in [-0.25, -0.2) is 0 Å². The predicted octanol–water partition coefficient (Wildman–Crippen LogP) is 13.1. The smallest absolute Gasteiger partial charge is 0.0538 e. The molecule has 0 saturated heterocycles. The number of rotatable bonds is 3. The van der Waals surface area contributed by atoms with E-state index in [1.807, 2.05) is 0 Å². The van der Waals surface area contributed by atoms with Gasteiger partial charge in [-0.1, -0.05) is 135 Å². The average molecular weight is 640 g/mol. The zero-order chi connectivity index (χ0) is 33.8. The first-order valence-corrected chi connectivity index (χ1v) is 17.6. The van der Waals surface area contributed by atoms with E-state index in [9.17, 15) is 0 Å². The minimum Gasteiger partial charge on any atom is -0.310 e. The van der Waals surface area contributed by atoms with Crippen LogP contribution in [0.25, 0.3) is 77.2 Å². The molecule has 0 fully saturated rings. The van der Waals surface area contributed by atoms with Crippen molar-refractivity contribution in [1.29, 1.82) is 0 Å². The Labute approximate surface area is 293 Å². The highest BCUT2D eigenvalue weighted by molar-refractivity contribution is 6.25. The summed E-state index contributed by atoms with van der Waals surface area (Å²) in [6, 6.07) is 47.6. The Morgan fingerprint density at radius 2 is 1.16 bits per heavy atom. The summed E-state index contributed by atoms with van der Waals surface area (Å²) in [6.07, 6.45) is 11.0. The van der Waals surface area contributed by atoms with E-state index in [0.717, 1.165) is 5.69 Å². The maximum Gasteiger partial charge on any atom is 0.0538 e. The van der Waals surface area contributed by atoms with E-state index in [2.05, 4.69) is 190 Å². The molecule has 1 heteroatoms. The molecule has 50 heavy (non-hydrogen) atoms. The highest BCUT2D eigenvalue weighted by Gasteiger charge is 2.35. The molecule has 0 spiro atoms.